The molecule has 76 heavy (non-hydrogen) atoms. The molecule has 6 nitrogen and oxygen atoms in total. The van der Waals surface area contributed by atoms with E-state index < -0.39 is 0 Å². The fourth-order valence-corrected chi connectivity index (χ4v) is 12.3. The molecule has 5 aromatic heterocycles. The van der Waals surface area contributed by atoms with Crippen LogP contribution in [0.25, 0.3) is 144 Å². The van der Waals surface area contributed by atoms with E-state index in [0.717, 1.165) is 72.9 Å². The summed E-state index contributed by atoms with van der Waals surface area (Å²) in [6.45, 7) is 0. The maximum atomic E-state index is 5.65. The molecule has 0 spiro atoms. The number of aromatic nitrogens is 6. The van der Waals surface area contributed by atoms with Crippen LogP contribution in [0, 0.1) is 0 Å². The summed E-state index contributed by atoms with van der Waals surface area (Å²) in [4.78, 5) is 11.1. The van der Waals surface area contributed by atoms with Gasteiger partial charge >= 0.3 is 0 Å². The molecule has 5 heterocycles. The van der Waals surface area contributed by atoms with Crippen molar-refractivity contribution in [3.63, 3.8) is 0 Å². The van der Waals surface area contributed by atoms with E-state index in [1.54, 1.807) is 0 Å². The van der Waals surface area contributed by atoms with Crippen LogP contribution in [-0.2, 0) is 0 Å². The Morgan fingerprint density at radius 1 is 0.224 bits per heavy atom. The van der Waals surface area contributed by atoms with Gasteiger partial charge in [0.05, 0.1) is 61.2 Å². The molecule has 0 atom stereocenters. The first-order valence-corrected chi connectivity index (χ1v) is 25.9. The van der Waals surface area contributed by atoms with Gasteiger partial charge < -0.3 is 18.3 Å². The first-order chi connectivity index (χ1) is 37.7. The van der Waals surface area contributed by atoms with Gasteiger partial charge in [-0.25, -0.2) is 9.97 Å². The largest absolute Gasteiger partial charge is 0.309 e. The van der Waals surface area contributed by atoms with Crippen LogP contribution >= 0.6 is 0 Å². The van der Waals surface area contributed by atoms with E-state index in [1.807, 2.05) is 0 Å². The lowest BCUT2D eigenvalue weighted by molar-refractivity contribution is 1.13. The van der Waals surface area contributed by atoms with Gasteiger partial charge in [0.1, 0.15) is 0 Å². The zero-order valence-corrected chi connectivity index (χ0v) is 41.1. The highest BCUT2D eigenvalue weighted by molar-refractivity contribution is 6.12. The Morgan fingerprint density at radius 3 is 0.882 bits per heavy atom. The molecule has 0 aliphatic carbocycles. The van der Waals surface area contributed by atoms with Crippen LogP contribution in [0.3, 0.4) is 0 Å². The van der Waals surface area contributed by atoms with Crippen molar-refractivity contribution in [3.05, 3.63) is 267 Å². The third-order valence-electron chi connectivity index (χ3n) is 15.6. The van der Waals surface area contributed by atoms with Crippen molar-refractivity contribution in [2.24, 2.45) is 0 Å². The topological polar surface area (TPSA) is 45.5 Å². The molecule has 354 valence electrons. The lowest BCUT2D eigenvalue weighted by atomic mass is 10.0. The van der Waals surface area contributed by atoms with E-state index in [9.17, 15) is 0 Å². The number of hydrogen-bond acceptors (Lipinski definition) is 2. The highest BCUT2D eigenvalue weighted by Gasteiger charge is 2.22. The van der Waals surface area contributed by atoms with E-state index in [0.29, 0.717) is 5.82 Å². The number of nitrogens with zero attached hydrogens (tertiary/aromatic N) is 6. The summed E-state index contributed by atoms with van der Waals surface area (Å²) in [6.07, 6.45) is 0. The molecule has 0 saturated carbocycles. The highest BCUT2D eigenvalue weighted by atomic mass is 15.0. The smallest absolute Gasteiger partial charge is 0.160 e. The monoisotopic (exact) mass is 968 g/mol. The van der Waals surface area contributed by atoms with Gasteiger partial charge in [0, 0.05) is 76.8 Å². The number of benzene rings is 11. The van der Waals surface area contributed by atoms with Crippen molar-refractivity contribution >= 4 is 87.2 Å². The molecule has 6 heteroatoms. The normalized spacial score (nSPS) is 11.9. The third-order valence-corrected chi connectivity index (χ3v) is 15.6. The highest BCUT2D eigenvalue weighted by Crippen LogP contribution is 2.41. The molecular weight excluding hydrogens is 925 g/mol. The fourth-order valence-electron chi connectivity index (χ4n) is 12.3. The van der Waals surface area contributed by atoms with Crippen molar-refractivity contribution in [2.45, 2.75) is 0 Å². The SMILES string of the molecule is c1ccc2c(c1)c1ccccc1n2-c1ccc(-c2cc(-c3cc(-n4c5ccccc5c5ccccc54)ccc3-n3c4ccccc4c4ccccc43)nc(-c3ccc(-n4c5ccccc5c5ccccc54)cc3)n2)cc1. The van der Waals surface area contributed by atoms with Gasteiger partial charge in [-0.15, -0.1) is 0 Å². The summed E-state index contributed by atoms with van der Waals surface area (Å²) in [7, 11) is 0. The van der Waals surface area contributed by atoms with E-state index in [-0.39, 0.29) is 0 Å². The summed E-state index contributed by atoms with van der Waals surface area (Å²) < 4.78 is 9.53. The first-order valence-electron chi connectivity index (χ1n) is 25.9. The lowest BCUT2D eigenvalue weighted by Crippen LogP contribution is -2.03. The van der Waals surface area contributed by atoms with Gasteiger partial charge in [0.2, 0.25) is 0 Å². The summed E-state index contributed by atoms with van der Waals surface area (Å²) in [5.74, 6) is 0.642. The fraction of sp³-hybridized carbons (Fsp3) is 0. The molecule has 0 aliphatic heterocycles. The molecule has 0 radical (unpaired) electrons. The molecule has 16 rings (SSSR count). The van der Waals surface area contributed by atoms with Crippen LogP contribution < -0.4 is 0 Å². The number of rotatable bonds is 7. The standard InChI is InChI=1S/C70H44N6/c1-9-25-61-50(17-1)51-18-2-10-26-62(51)73(61)47-37-33-45(34-38-47)59-44-60(72-70(71-59)46-35-39-48(40-36-46)74-63-27-11-3-19-52(63)53-20-4-12-28-64(53)74)58-43-49(75-65-29-13-5-21-54(65)55-22-6-14-30-66(55)75)41-42-69(58)76-67-31-15-7-23-56(67)57-24-8-16-32-68(57)76/h1-44H. The summed E-state index contributed by atoms with van der Waals surface area (Å²) in [5.41, 5.74) is 18.0. The summed E-state index contributed by atoms with van der Waals surface area (Å²) in [6, 6.07) is 96.2. The molecule has 0 aliphatic rings. The van der Waals surface area contributed by atoms with Crippen molar-refractivity contribution in [1.82, 2.24) is 28.2 Å². The van der Waals surface area contributed by atoms with Gasteiger partial charge in [0.25, 0.3) is 0 Å². The minimum atomic E-state index is 0.642. The van der Waals surface area contributed by atoms with Crippen LogP contribution in [-0.4, -0.2) is 28.2 Å². The second-order valence-corrected chi connectivity index (χ2v) is 19.7. The van der Waals surface area contributed by atoms with Crippen molar-refractivity contribution in [1.29, 1.82) is 0 Å². The first kappa shape index (κ1) is 42.2. The lowest BCUT2D eigenvalue weighted by Gasteiger charge is -2.18. The van der Waals surface area contributed by atoms with Crippen LogP contribution in [0.1, 0.15) is 0 Å². The van der Waals surface area contributed by atoms with E-state index in [1.165, 1.54) is 65.2 Å². The maximum absolute atomic E-state index is 5.65. The zero-order chi connectivity index (χ0) is 49.8. The molecule has 0 saturated heterocycles. The minimum absolute atomic E-state index is 0.642. The predicted octanol–water partition coefficient (Wildman–Crippen LogP) is 17.9. The van der Waals surface area contributed by atoms with E-state index in [4.69, 9.17) is 9.97 Å². The van der Waals surface area contributed by atoms with Gasteiger partial charge in [0.15, 0.2) is 5.82 Å². The Balaban J connectivity index is 0.937. The molecule has 16 aromatic rings. The zero-order valence-electron chi connectivity index (χ0n) is 41.1. The van der Waals surface area contributed by atoms with Crippen molar-refractivity contribution in [3.8, 4) is 56.7 Å². The molecule has 0 bridgehead atoms. The van der Waals surface area contributed by atoms with Gasteiger partial charge in [-0.2, -0.15) is 0 Å². The van der Waals surface area contributed by atoms with Crippen LogP contribution in [0.4, 0.5) is 0 Å². The Kier molecular flexibility index (Phi) is 9.23. The molecular formula is C70H44N6. The molecule has 0 amide bonds. The van der Waals surface area contributed by atoms with Crippen molar-refractivity contribution in [2.75, 3.05) is 0 Å². The molecule has 0 unspecified atom stereocenters. The average molecular weight is 969 g/mol. The maximum Gasteiger partial charge on any atom is 0.160 e. The Bertz CT molecular complexity index is 4600. The predicted molar refractivity (Wildman–Crippen MR) is 316 cm³/mol. The minimum Gasteiger partial charge on any atom is -0.309 e. The summed E-state index contributed by atoms with van der Waals surface area (Å²) >= 11 is 0. The number of hydrogen-bond donors (Lipinski definition) is 0. The molecule has 0 fully saturated rings. The summed E-state index contributed by atoms with van der Waals surface area (Å²) in [5, 5.41) is 9.76. The van der Waals surface area contributed by atoms with Crippen LogP contribution in [0.2, 0.25) is 0 Å². The average Bonchev–Trinajstić information content (AvgIpc) is 4.25. The Morgan fingerprint density at radius 2 is 0.513 bits per heavy atom. The number of para-hydroxylation sites is 8. The quantitative estimate of drug-likeness (QED) is 0.160. The number of fused-ring (bicyclic) bond motifs is 12. The Labute approximate surface area is 436 Å². The third kappa shape index (κ3) is 6.34. The van der Waals surface area contributed by atoms with E-state index >= 15 is 0 Å². The Hall–Kier alpha value is -10.3. The molecule has 0 N–H and O–H groups in total. The second-order valence-electron chi connectivity index (χ2n) is 19.7. The van der Waals surface area contributed by atoms with Gasteiger partial charge in [-0.3, -0.25) is 0 Å². The van der Waals surface area contributed by atoms with Gasteiger partial charge in [-0.1, -0.05) is 158 Å². The molecule has 11 aromatic carbocycles. The van der Waals surface area contributed by atoms with Crippen molar-refractivity contribution < 1.29 is 0 Å². The van der Waals surface area contributed by atoms with Crippen LogP contribution in [0.5, 0.6) is 0 Å². The van der Waals surface area contributed by atoms with E-state index in [2.05, 4.69) is 285 Å². The van der Waals surface area contributed by atoms with Crippen LogP contribution in [0.15, 0.2) is 267 Å². The van der Waals surface area contributed by atoms with Gasteiger partial charge in [-0.05, 0) is 109 Å². The second kappa shape index (κ2) is 16.6.